The van der Waals surface area contributed by atoms with Gasteiger partial charge in [-0.05, 0) is 73.3 Å². The van der Waals surface area contributed by atoms with Gasteiger partial charge >= 0.3 is 0 Å². The van der Waals surface area contributed by atoms with Crippen LogP contribution in [0.15, 0.2) is 6.33 Å². The first-order valence-electron chi connectivity index (χ1n) is 12.1. The van der Waals surface area contributed by atoms with E-state index in [1.165, 1.54) is 0 Å². The van der Waals surface area contributed by atoms with E-state index in [1.54, 1.807) is 11.2 Å². The van der Waals surface area contributed by atoms with E-state index < -0.39 is 18.2 Å². The number of aliphatic hydroxyl groups excluding tert-OH is 2. The van der Waals surface area contributed by atoms with Gasteiger partial charge in [0.1, 0.15) is 6.10 Å². The van der Waals surface area contributed by atoms with Crippen molar-refractivity contribution >= 4 is 34.5 Å². The highest BCUT2D eigenvalue weighted by molar-refractivity contribution is 6.28. The number of hydrogen-bond acceptors (Lipinski definition) is 7. The predicted molar refractivity (Wildman–Crippen MR) is 123 cm³/mol. The first-order valence-corrected chi connectivity index (χ1v) is 12.5. The zero-order valence-corrected chi connectivity index (χ0v) is 19.6. The lowest BCUT2D eigenvalue weighted by Gasteiger charge is -2.34. The number of halogens is 1. The van der Waals surface area contributed by atoms with Gasteiger partial charge in [-0.25, -0.2) is 4.98 Å². The fraction of sp³-hybridized carbons (Fsp3) is 0.739. The van der Waals surface area contributed by atoms with Gasteiger partial charge in [-0.2, -0.15) is 9.97 Å². The molecule has 0 saturated heterocycles. The summed E-state index contributed by atoms with van der Waals surface area (Å²) in [4.78, 5) is 29.1. The fourth-order valence-electron chi connectivity index (χ4n) is 5.88. The molecule has 4 aliphatic carbocycles. The van der Waals surface area contributed by atoms with Crippen molar-refractivity contribution in [1.29, 1.82) is 0 Å². The van der Waals surface area contributed by atoms with Gasteiger partial charge < -0.3 is 20.5 Å². The normalized spacial score (nSPS) is 31.9. The minimum Gasteiger partial charge on any atom is -0.390 e. The quantitative estimate of drug-likeness (QED) is 0.522. The molecule has 0 radical (unpaired) electrons. The lowest BCUT2D eigenvalue weighted by atomic mass is 9.99. The summed E-state index contributed by atoms with van der Waals surface area (Å²) in [5.74, 6) is 1.40. The van der Waals surface area contributed by atoms with Gasteiger partial charge in [0.2, 0.25) is 11.2 Å². The number of aliphatic hydroxyl groups is 2. The highest BCUT2D eigenvalue weighted by atomic mass is 35.5. The van der Waals surface area contributed by atoms with Crippen LogP contribution in [0.2, 0.25) is 5.28 Å². The highest BCUT2D eigenvalue weighted by Crippen LogP contribution is 2.58. The predicted octanol–water partition coefficient (Wildman–Crippen LogP) is 1.90. The molecule has 0 bridgehead atoms. The SMILES string of the molecule is CC(C)C(N)C(=O)N(c1nc(Cl)nc2c1ncn2[C@H]1[C@H](O)[C@H](O)[C@@H]2C[C@@H]21)C(C1CC1)C1CC1. The maximum atomic E-state index is 13.8. The summed E-state index contributed by atoms with van der Waals surface area (Å²) in [6.45, 7) is 3.89. The van der Waals surface area contributed by atoms with E-state index in [0.717, 1.165) is 32.1 Å². The van der Waals surface area contributed by atoms with E-state index in [0.29, 0.717) is 28.8 Å². The lowest BCUT2D eigenvalue weighted by Crippen LogP contribution is -2.53. The number of rotatable bonds is 7. The molecule has 9 nitrogen and oxygen atoms in total. The Morgan fingerprint density at radius 3 is 2.36 bits per heavy atom. The maximum Gasteiger partial charge on any atom is 0.245 e. The minimum absolute atomic E-state index is 0.0219. The van der Waals surface area contributed by atoms with E-state index in [1.807, 2.05) is 18.4 Å². The Bertz CT molecular complexity index is 1090. The molecule has 4 saturated carbocycles. The summed E-state index contributed by atoms with van der Waals surface area (Å²) in [6, 6.07) is -0.943. The Labute approximate surface area is 197 Å². The maximum absolute atomic E-state index is 13.8. The van der Waals surface area contributed by atoms with Crippen molar-refractivity contribution in [1.82, 2.24) is 19.5 Å². The van der Waals surface area contributed by atoms with Crippen LogP contribution in [0, 0.1) is 29.6 Å². The van der Waals surface area contributed by atoms with E-state index in [4.69, 9.17) is 17.3 Å². The zero-order valence-electron chi connectivity index (χ0n) is 18.9. The molecule has 10 heteroatoms. The number of anilines is 1. The summed E-state index contributed by atoms with van der Waals surface area (Å²) >= 11 is 6.41. The first-order chi connectivity index (χ1) is 15.8. The molecule has 1 amide bonds. The zero-order chi connectivity index (χ0) is 23.2. The fourth-order valence-corrected chi connectivity index (χ4v) is 6.04. The molecule has 1 unspecified atom stereocenters. The van der Waals surface area contributed by atoms with Crippen molar-refractivity contribution in [3.8, 4) is 0 Å². The molecule has 2 aromatic heterocycles. The second kappa shape index (κ2) is 7.60. The van der Waals surface area contributed by atoms with Gasteiger partial charge in [0.25, 0.3) is 0 Å². The first kappa shape index (κ1) is 21.7. The smallest absolute Gasteiger partial charge is 0.245 e. The summed E-state index contributed by atoms with van der Waals surface area (Å²) in [6.07, 6.45) is 5.23. The lowest BCUT2D eigenvalue weighted by molar-refractivity contribution is -0.121. The van der Waals surface area contributed by atoms with Gasteiger partial charge in [0, 0.05) is 6.04 Å². The largest absolute Gasteiger partial charge is 0.390 e. The number of nitrogens with zero attached hydrogens (tertiary/aromatic N) is 5. The number of fused-ring (bicyclic) bond motifs is 2. The molecule has 33 heavy (non-hydrogen) atoms. The molecule has 4 fully saturated rings. The Balaban J connectivity index is 1.48. The number of imidazole rings is 1. The Morgan fingerprint density at radius 2 is 1.82 bits per heavy atom. The minimum atomic E-state index is -0.888. The van der Waals surface area contributed by atoms with Crippen molar-refractivity contribution < 1.29 is 15.0 Å². The molecule has 0 aliphatic heterocycles. The molecule has 4 N–H and O–H groups in total. The van der Waals surface area contributed by atoms with Crippen LogP contribution in [0.1, 0.15) is 52.0 Å². The van der Waals surface area contributed by atoms with Gasteiger partial charge in [-0.15, -0.1) is 0 Å². The summed E-state index contributed by atoms with van der Waals surface area (Å²) < 4.78 is 1.81. The van der Waals surface area contributed by atoms with Crippen molar-refractivity contribution in [3.05, 3.63) is 11.6 Å². The van der Waals surface area contributed by atoms with E-state index in [2.05, 4.69) is 15.0 Å². The van der Waals surface area contributed by atoms with Crippen LogP contribution in [-0.4, -0.2) is 59.9 Å². The number of carbonyl (C=O) groups excluding carboxylic acids is 1. The third-order valence-electron chi connectivity index (χ3n) is 8.14. The van der Waals surface area contributed by atoms with Crippen molar-refractivity contribution in [2.24, 2.45) is 35.3 Å². The number of hydrogen-bond donors (Lipinski definition) is 3. The van der Waals surface area contributed by atoms with Gasteiger partial charge in [0.05, 0.1) is 24.5 Å². The van der Waals surface area contributed by atoms with E-state index >= 15 is 0 Å². The van der Waals surface area contributed by atoms with Crippen LogP contribution in [0.25, 0.3) is 11.2 Å². The molecule has 2 aromatic rings. The van der Waals surface area contributed by atoms with Crippen LogP contribution in [0.4, 0.5) is 5.82 Å². The molecule has 178 valence electrons. The van der Waals surface area contributed by atoms with E-state index in [-0.39, 0.29) is 41.0 Å². The van der Waals surface area contributed by atoms with Gasteiger partial charge in [0.15, 0.2) is 17.0 Å². The third-order valence-corrected chi connectivity index (χ3v) is 8.31. The van der Waals surface area contributed by atoms with Gasteiger partial charge in [-0.1, -0.05) is 13.8 Å². The average molecular weight is 475 g/mol. The molecule has 6 atom stereocenters. The van der Waals surface area contributed by atoms with Crippen LogP contribution in [0.5, 0.6) is 0 Å². The third kappa shape index (κ3) is 3.47. The molecule has 0 aromatic carbocycles. The number of aromatic nitrogens is 4. The Kier molecular flexibility index (Phi) is 5.00. The molecular formula is C23H31ClN6O3. The average Bonchev–Trinajstić information content (AvgIpc) is 3.64. The van der Waals surface area contributed by atoms with Crippen molar-refractivity contribution in [3.63, 3.8) is 0 Å². The molecule has 4 aliphatic rings. The highest BCUT2D eigenvalue weighted by Gasteiger charge is 2.60. The molecule has 0 spiro atoms. The summed E-state index contributed by atoms with van der Waals surface area (Å²) in [7, 11) is 0. The Morgan fingerprint density at radius 1 is 1.15 bits per heavy atom. The van der Waals surface area contributed by atoms with E-state index in [9.17, 15) is 15.0 Å². The molecule has 2 heterocycles. The number of carbonyl (C=O) groups is 1. The second-order valence-corrected chi connectivity index (χ2v) is 11.2. The number of nitrogens with two attached hydrogens (primary N) is 1. The monoisotopic (exact) mass is 474 g/mol. The summed E-state index contributed by atoms with van der Waals surface area (Å²) in [5.41, 5.74) is 7.34. The van der Waals surface area contributed by atoms with Crippen LogP contribution in [0.3, 0.4) is 0 Å². The van der Waals surface area contributed by atoms with Crippen LogP contribution < -0.4 is 10.6 Å². The van der Waals surface area contributed by atoms with Crippen molar-refractivity contribution in [2.75, 3.05) is 4.90 Å². The topological polar surface area (TPSA) is 130 Å². The van der Waals surface area contributed by atoms with Crippen LogP contribution >= 0.6 is 11.6 Å². The number of amides is 1. The molecular weight excluding hydrogens is 444 g/mol. The standard InChI is InChI=1S/C23H31ClN6O3/c1-9(2)14(25)22(33)30(16(10-3-4-10)11-5-6-11)21-15-20(27-23(24)28-21)29(8-26-15)17-12-7-13(12)18(31)19(17)32/h8-14,16-19,31-32H,3-7,25H2,1-2H3/t12-,13+,14?,17+,18+,19-/m0/s1. The summed E-state index contributed by atoms with van der Waals surface area (Å²) in [5, 5.41) is 21.0. The van der Waals surface area contributed by atoms with Crippen LogP contribution in [-0.2, 0) is 4.79 Å². The molecule has 6 rings (SSSR count). The second-order valence-electron chi connectivity index (χ2n) is 10.8. The Hall–Kier alpha value is -1.81. The van der Waals surface area contributed by atoms with Crippen molar-refractivity contribution in [2.45, 2.75) is 76.3 Å². The van der Waals surface area contributed by atoms with Gasteiger partial charge in [-0.3, -0.25) is 9.69 Å².